The number of carbonyl (C=O) groups excluding carboxylic acids is 1. The molecular formula is C19H20N4O3S2. The Morgan fingerprint density at radius 3 is 2.39 bits per heavy atom. The molecule has 0 aliphatic rings. The van der Waals surface area contributed by atoms with Crippen molar-refractivity contribution in [1.82, 2.24) is 15.3 Å². The molecule has 0 aliphatic carbocycles. The van der Waals surface area contributed by atoms with Gasteiger partial charge in [-0.05, 0) is 36.4 Å². The zero-order chi connectivity index (χ0) is 20.1. The molecule has 1 amide bonds. The summed E-state index contributed by atoms with van der Waals surface area (Å²) < 4.78 is 27.3. The highest BCUT2D eigenvalue weighted by Crippen LogP contribution is 2.19. The molecule has 0 saturated heterocycles. The molecule has 1 aromatic carbocycles. The maximum atomic E-state index is 12.4. The summed E-state index contributed by atoms with van der Waals surface area (Å²) in [4.78, 5) is 20.7. The third-order valence-electron chi connectivity index (χ3n) is 3.85. The minimum Gasteiger partial charge on any atom is -0.346 e. The molecule has 0 unspecified atom stereocenters. The molecule has 2 N–H and O–H groups in total. The van der Waals surface area contributed by atoms with Gasteiger partial charge in [0.15, 0.2) is 0 Å². The molecule has 0 aliphatic heterocycles. The topological polar surface area (TPSA) is 101 Å². The van der Waals surface area contributed by atoms with Crippen LogP contribution in [0.15, 0.2) is 59.1 Å². The van der Waals surface area contributed by atoms with Gasteiger partial charge in [0.1, 0.15) is 0 Å². The second kappa shape index (κ2) is 8.49. The van der Waals surface area contributed by atoms with Crippen LogP contribution in [0.3, 0.4) is 0 Å². The van der Waals surface area contributed by atoms with E-state index in [9.17, 15) is 13.2 Å². The summed E-state index contributed by atoms with van der Waals surface area (Å²) in [5.74, 6) is 0.0647. The maximum Gasteiger partial charge on any atom is 0.261 e. The molecule has 0 spiro atoms. The van der Waals surface area contributed by atoms with Crippen molar-refractivity contribution in [1.29, 1.82) is 0 Å². The van der Waals surface area contributed by atoms with Gasteiger partial charge in [0.2, 0.25) is 0 Å². The van der Waals surface area contributed by atoms with Crippen molar-refractivity contribution in [3.63, 3.8) is 0 Å². The normalized spacial score (nSPS) is 11.4. The van der Waals surface area contributed by atoms with Gasteiger partial charge >= 0.3 is 0 Å². The van der Waals surface area contributed by atoms with E-state index >= 15 is 0 Å². The first-order chi connectivity index (χ1) is 13.3. The van der Waals surface area contributed by atoms with Crippen LogP contribution in [0.4, 0.5) is 5.69 Å². The van der Waals surface area contributed by atoms with E-state index in [1.54, 1.807) is 23.5 Å². The summed E-state index contributed by atoms with van der Waals surface area (Å²) >= 11 is 1.57. The first-order valence-electron chi connectivity index (χ1n) is 8.60. The number of aromatic nitrogens is 2. The average molecular weight is 417 g/mol. The Hall–Kier alpha value is -2.78. The molecule has 0 saturated carbocycles. The lowest BCUT2D eigenvalue weighted by molar-refractivity contribution is 0.0950. The summed E-state index contributed by atoms with van der Waals surface area (Å²) in [6.45, 7) is 4.46. The summed E-state index contributed by atoms with van der Waals surface area (Å²) in [7, 11) is -3.73. The van der Waals surface area contributed by atoms with Crippen molar-refractivity contribution < 1.29 is 13.2 Å². The molecule has 146 valence electrons. The molecule has 7 nitrogen and oxygen atoms in total. The number of carbonyl (C=O) groups is 1. The molecular weight excluding hydrogens is 396 g/mol. The Labute approximate surface area is 167 Å². The van der Waals surface area contributed by atoms with Gasteiger partial charge in [-0.3, -0.25) is 14.5 Å². The van der Waals surface area contributed by atoms with E-state index in [0.29, 0.717) is 23.7 Å². The zero-order valence-corrected chi connectivity index (χ0v) is 17.0. The maximum absolute atomic E-state index is 12.4. The van der Waals surface area contributed by atoms with Crippen molar-refractivity contribution in [2.24, 2.45) is 0 Å². The predicted molar refractivity (Wildman–Crippen MR) is 109 cm³/mol. The Bertz CT molecular complexity index is 1050. The summed E-state index contributed by atoms with van der Waals surface area (Å²) in [6, 6.07) is 8.88. The second-order valence-corrected chi connectivity index (χ2v) is 8.95. The summed E-state index contributed by atoms with van der Waals surface area (Å²) in [5.41, 5.74) is 1.60. The third-order valence-corrected chi connectivity index (χ3v) is 6.44. The third kappa shape index (κ3) is 4.93. The average Bonchev–Trinajstić information content (AvgIpc) is 3.16. The molecule has 9 heteroatoms. The monoisotopic (exact) mass is 416 g/mol. The van der Waals surface area contributed by atoms with Crippen LogP contribution in [0.5, 0.6) is 0 Å². The standard InChI is InChI=1S/C19H20N4O3S2/c1-13(2)19-22-16(12-27-19)11-21-18(24)14-3-5-17(6-4-14)28(25,26)23-15-7-9-20-10-8-15/h3-10,12-13H,11H2,1-2H3,(H,20,23)(H,21,24). The van der Waals surface area contributed by atoms with Gasteiger partial charge in [-0.15, -0.1) is 11.3 Å². The van der Waals surface area contributed by atoms with Gasteiger partial charge in [0.25, 0.3) is 15.9 Å². The first-order valence-corrected chi connectivity index (χ1v) is 11.0. The van der Waals surface area contributed by atoms with E-state index in [-0.39, 0.29) is 10.8 Å². The Balaban J connectivity index is 1.63. The number of sulfonamides is 1. The quantitative estimate of drug-likeness (QED) is 0.615. The largest absolute Gasteiger partial charge is 0.346 e. The Kier molecular flexibility index (Phi) is 6.05. The number of anilines is 1. The highest BCUT2D eigenvalue weighted by Gasteiger charge is 2.15. The number of rotatable bonds is 7. The van der Waals surface area contributed by atoms with E-state index in [4.69, 9.17) is 0 Å². The number of benzene rings is 1. The Morgan fingerprint density at radius 2 is 1.79 bits per heavy atom. The van der Waals surface area contributed by atoms with Gasteiger partial charge < -0.3 is 5.32 Å². The lowest BCUT2D eigenvalue weighted by atomic mass is 10.2. The lowest BCUT2D eigenvalue weighted by Crippen LogP contribution is -2.23. The van der Waals surface area contributed by atoms with Gasteiger partial charge in [0.05, 0.1) is 27.8 Å². The smallest absolute Gasteiger partial charge is 0.261 e. The fourth-order valence-corrected chi connectivity index (χ4v) is 4.25. The van der Waals surface area contributed by atoms with Crippen molar-refractivity contribution in [2.45, 2.75) is 31.2 Å². The van der Waals surface area contributed by atoms with Gasteiger partial charge in [-0.2, -0.15) is 0 Å². The highest BCUT2D eigenvalue weighted by atomic mass is 32.2. The van der Waals surface area contributed by atoms with Crippen LogP contribution in [-0.4, -0.2) is 24.3 Å². The number of hydrogen-bond acceptors (Lipinski definition) is 6. The van der Waals surface area contributed by atoms with Crippen molar-refractivity contribution >= 4 is 33.0 Å². The van der Waals surface area contributed by atoms with E-state index < -0.39 is 10.0 Å². The van der Waals surface area contributed by atoms with Gasteiger partial charge in [-0.25, -0.2) is 13.4 Å². The van der Waals surface area contributed by atoms with E-state index in [1.165, 1.54) is 36.7 Å². The molecule has 0 bridgehead atoms. The molecule has 3 rings (SSSR count). The fraction of sp³-hybridized carbons (Fsp3) is 0.211. The minimum atomic E-state index is -3.73. The van der Waals surface area contributed by atoms with Crippen LogP contribution in [0.25, 0.3) is 0 Å². The predicted octanol–water partition coefficient (Wildman–Crippen LogP) is 3.39. The molecule has 3 aromatic rings. The first kappa shape index (κ1) is 20.0. The van der Waals surface area contributed by atoms with E-state index in [2.05, 4.69) is 33.9 Å². The molecule has 2 aromatic heterocycles. The molecule has 0 fully saturated rings. The van der Waals surface area contributed by atoms with Crippen LogP contribution < -0.4 is 10.0 Å². The Morgan fingerprint density at radius 1 is 1.11 bits per heavy atom. The number of pyridine rings is 1. The second-order valence-electron chi connectivity index (χ2n) is 6.38. The van der Waals surface area contributed by atoms with Crippen molar-refractivity contribution in [3.05, 3.63) is 70.4 Å². The summed E-state index contributed by atoms with van der Waals surface area (Å²) in [6.07, 6.45) is 3.00. The van der Waals surface area contributed by atoms with Crippen LogP contribution in [-0.2, 0) is 16.6 Å². The van der Waals surface area contributed by atoms with Crippen LogP contribution in [0.2, 0.25) is 0 Å². The SMILES string of the molecule is CC(C)c1nc(CNC(=O)c2ccc(S(=O)(=O)Nc3ccncc3)cc2)cs1. The van der Waals surface area contributed by atoms with E-state index in [1.807, 2.05) is 5.38 Å². The number of amides is 1. The molecule has 28 heavy (non-hydrogen) atoms. The lowest BCUT2D eigenvalue weighted by Gasteiger charge is -2.09. The minimum absolute atomic E-state index is 0.0712. The van der Waals surface area contributed by atoms with Crippen molar-refractivity contribution in [3.8, 4) is 0 Å². The van der Waals surface area contributed by atoms with Crippen molar-refractivity contribution in [2.75, 3.05) is 4.72 Å². The van der Waals surface area contributed by atoms with E-state index in [0.717, 1.165) is 10.7 Å². The van der Waals surface area contributed by atoms with Crippen LogP contribution in [0.1, 0.15) is 40.8 Å². The number of hydrogen-bond donors (Lipinski definition) is 2. The van der Waals surface area contributed by atoms with Crippen LogP contribution >= 0.6 is 11.3 Å². The van der Waals surface area contributed by atoms with Gasteiger partial charge in [0, 0.05) is 29.3 Å². The summed E-state index contributed by atoms with van der Waals surface area (Å²) in [5, 5.41) is 5.75. The fourth-order valence-electron chi connectivity index (χ4n) is 2.36. The zero-order valence-electron chi connectivity index (χ0n) is 15.4. The number of nitrogens with zero attached hydrogens (tertiary/aromatic N) is 2. The highest BCUT2D eigenvalue weighted by molar-refractivity contribution is 7.92. The van der Waals surface area contributed by atoms with Gasteiger partial charge in [-0.1, -0.05) is 13.8 Å². The molecule has 0 radical (unpaired) electrons. The molecule has 2 heterocycles. The number of thiazole rings is 1. The number of nitrogens with one attached hydrogen (secondary N) is 2. The molecule has 0 atom stereocenters. The van der Waals surface area contributed by atoms with Crippen LogP contribution in [0, 0.1) is 0 Å².